The SMILES string of the molecule is CO[C@@H]1CCN(C(=O)c2cncc(C)c2)C[C@@H]1Cc1cccc(C)c1.O=C(O)C(F)(F)F. The minimum atomic E-state index is -5.08. The predicted molar refractivity (Wildman–Crippen MR) is 112 cm³/mol. The monoisotopic (exact) mass is 452 g/mol. The molecule has 174 valence electrons. The Morgan fingerprint density at radius 2 is 1.88 bits per heavy atom. The number of nitrogens with zero attached hydrogens (tertiary/aromatic N) is 2. The molecule has 1 fully saturated rings. The van der Waals surface area contributed by atoms with E-state index in [1.54, 1.807) is 19.5 Å². The number of ether oxygens (including phenoxy) is 1. The average Bonchev–Trinajstić information content (AvgIpc) is 2.73. The Morgan fingerprint density at radius 1 is 1.19 bits per heavy atom. The zero-order valence-electron chi connectivity index (χ0n) is 18.2. The van der Waals surface area contributed by atoms with E-state index in [-0.39, 0.29) is 12.0 Å². The standard InChI is InChI=1S/C21H26N2O2.C2HF3O2/c1-15-5-4-6-17(9-15)11-19-14-23(8-7-20(19)25-3)21(24)18-10-16(2)12-22-13-18;3-2(4,5)1(6)7/h4-6,9-10,12-13,19-20H,7-8,11,14H2,1-3H3;(H,6,7)/t19-,20+;/m0./s1. The highest BCUT2D eigenvalue weighted by Gasteiger charge is 2.38. The summed E-state index contributed by atoms with van der Waals surface area (Å²) in [4.78, 5) is 27.8. The second-order valence-electron chi connectivity index (χ2n) is 7.82. The van der Waals surface area contributed by atoms with Crippen LogP contribution in [0.25, 0.3) is 0 Å². The molecule has 1 saturated heterocycles. The molecular weight excluding hydrogens is 425 g/mol. The van der Waals surface area contributed by atoms with E-state index >= 15 is 0 Å². The van der Waals surface area contributed by atoms with Gasteiger partial charge in [-0.15, -0.1) is 0 Å². The maximum atomic E-state index is 12.8. The number of aromatic nitrogens is 1. The third kappa shape index (κ3) is 7.33. The number of methoxy groups -OCH3 is 1. The van der Waals surface area contributed by atoms with Crippen LogP contribution in [0.15, 0.2) is 42.7 Å². The average molecular weight is 452 g/mol. The maximum absolute atomic E-state index is 12.8. The Balaban J connectivity index is 0.000000451. The molecule has 9 heteroatoms. The highest BCUT2D eigenvalue weighted by Crippen LogP contribution is 2.25. The van der Waals surface area contributed by atoms with Crippen LogP contribution in [0, 0.1) is 19.8 Å². The topological polar surface area (TPSA) is 79.7 Å². The van der Waals surface area contributed by atoms with E-state index in [0.717, 1.165) is 31.5 Å². The third-order valence-electron chi connectivity index (χ3n) is 5.20. The van der Waals surface area contributed by atoms with Gasteiger partial charge in [0, 0.05) is 38.5 Å². The number of carboxylic acids is 1. The van der Waals surface area contributed by atoms with Gasteiger partial charge in [0.1, 0.15) is 0 Å². The summed E-state index contributed by atoms with van der Waals surface area (Å²) in [5.74, 6) is -2.38. The Kier molecular flexibility index (Phi) is 8.77. The van der Waals surface area contributed by atoms with Crippen molar-refractivity contribution >= 4 is 11.9 Å². The number of hydrogen-bond acceptors (Lipinski definition) is 4. The highest BCUT2D eigenvalue weighted by molar-refractivity contribution is 5.94. The van der Waals surface area contributed by atoms with E-state index in [1.165, 1.54) is 11.1 Å². The van der Waals surface area contributed by atoms with Crippen molar-refractivity contribution < 1.29 is 32.6 Å². The molecule has 1 amide bonds. The number of aryl methyl sites for hydroxylation is 2. The number of pyridine rings is 1. The van der Waals surface area contributed by atoms with Crippen LogP contribution in [0.3, 0.4) is 0 Å². The zero-order valence-corrected chi connectivity index (χ0v) is 18.2. The summed E-state index contributed by atoms with van der Waals surface area (Å²) in [5, 5.41) is 7.12. The van der Waals surface area contributed by atoms with Crippen LogP contribution in [0.4, 0.5) is 13.2 Å². The van der Waals surface area contributed by atoms with E-state index in [4.69, 9.17) is 14.6 Å². The van der Waals surface area contributed by atoms with E-state index in [1.807, 2.05) is 17.9 Å². The molecule has 2 atom stereocenters. The van der Waals surface area contributed by atoms with Crippen molar-refractivity contribution in [1.29, 1.82) is 0 Å². The molecule has 1 aliphatic heterocycles. The van der Waals surface area contributed by atoms with Gasteiger partial charge in [-0.05, 0) is 43.9 Å². The highest BCUT2D eigenvalue weighted by atomic mass is 19.4. The van der Waals surface area contributed by atoms with Crippen molar-refractivity contribution in [3.8, 4) is 0 Å². The number of carbonyl (C=O) groups is 2. The molecule has 0 aliphatic carbocycles. The molecule has 0 radical (unpaired) electrons. The van der Waals surface area contributed by atoms with E-state index in [9.17, 15) is 18.0 Å². The predicted octanol–water partition coefficient (Wildman–Crippen LogP) is 4.05. The number of likely N-dealkylation sites (tertiary alicyclic amines) is 1. The molecule has 1 aromatic carbocycles. The van der Waals surface area contributed by atoms with Crippen molar-refractivity contribution in [2.24, 2.45) is 5.92 Å². The molecule has 0 spiro atoms. The summed E-state index contributed by atoms with van der Waals surface area (Å²) in [7, 11) is 1.77. The van der Waals surface area contributed by atoms with Crippen molar-refractivity contribution in [1.82, 2.24) is 9.88 Å². The summed E-state index contributed by atoms with van der Waals surface area (Å²) >= 11 is 0. The Hall–Kier alpha value is -2.94. The molecule has 3 rings (SSSR count). The van der Waals surface area contributed by atoms with Crippen LogP contribution < -0.4 is 0 Å². The number of hydrogen-bond donors (Lipinski definition) is 1. The number of rotatable bonds is 4. The van der Waals surface area contributed by atoms with Crippen molar-refractivity contribution in [2.75, 3.05) is 20.2 Å². The molecule has 0 saturated carbocycles. The first-order valence-electron chi connectivity index (χ1n) is 10.1. The number of halogens is 3. The smallest absolute Gasteiger partial charge is 0.475 e. The number of piperidine rings is 1. The molecule has 0 unspecified atom stereocenters. The van der Waals surface area contributed by atoms with Crippen LogP contribution in [0.5, 0.6) is 0 Å². The largest absolute Gasteiger partial charge is 0.490 e. The van der Waals surface area contributed by atoms with E-state index in [0.29, 0.717) is 11.5 Å². The molecule has 6 nitrogen and oxygen atoms in total. The molecule has 2 aromatic rings. The fourth-order valence-corrected chi connectivity index (χ4v) is 3.70. The minimum Gasteiger partial charge on any atom is -0.475 e. The summed E-state index contributed by atoms with van der Waals surface area (Å²) in [6.45, 7) is 5.52. The number of benzene rings is 1. The number of alkyl halides is 3. The van der Waals surface area contributed by atoms with Crippen LogP contribution >= 0.6 is 0 Å². The molecule has 1 aromatic heterocycles. The van der Waals surface area contributed by atoms with Crippen LogP contribution in [0.1, 0.15) is 33.5 Å². The zero-order chi connectivity index (χ0) is 23.9. The molecule has 1 aliphatic rings. The van der Waals surface area contributed by atoms with Gasteiger partial charge in [0.15, 0.2) is 0 Å². The summed E-state index contributed by atoms with van der Waals surface area (Å²) in [5.41, 5.74) is 4.25. The lowest BCUT2D eigenvalue weighted by Crippen LogP contribution is -2.47. The van der Waals surface area contributed by atoms with Crippen molar-refractivity contribution in [2.45, 2.75) is 39.0 Å². The summed E-state index contributed by atoms with van der Waals surface area (Å²) in [6, 6.07) is 10.5. The number of amides is 1. The molecule has 2 heterocycles. The van der Waals surface area contributed by atoms with Gasteiger partial charge in [0.2, 0.25) is 0 Å². The Bertz CT molecular complexity index is 933. The lowest BCUT2D eigenvalue weighted by atomic mass is 9.88. The van der Waals surface area contributed by atoms with Gasteiger partial charge in [-0.3, -0.25) is 9.78 Å². The van der Waals surface area contributed by atoms with Gasteiger partial charge in [0.05, 0.1) is 11.7 Å². The van der Waals surface area contributed by atoms with Gasteiger partial charge >= 0.3 is 12.1 Å². The van der Waals surface area contributed by atoms with Crippen LogP contribution in [-0.2, 0) is 16.0 Å². The Morgan fingerprint density at radius 3 is 2.44 bits per heavy atom. The first-order valence-corrected chi connectivity index (χ1v) is 10.1. The Labute approximate surface area is 185 Å². The minimum absolute atomic E-state index is 0.0694. The summed E-state index contributed by atoms with van der Waals surface area (Å²) < 4.78 is 37.4. The van der Waals surface area contributed by atoms with Gasteiger partial charge < -0.3 is 14.7 Å². The van der Waals surface area contributed by atoms with Gasteiger partial charge in [-0.1, -0.05) is 29.8 Å². The fourth-order valence-electron chi connectivity index (χ4n) is 3.70. The van der Waals surface area contributed by atoms with Crippen molar-refractivity contribution in [3.63, 3.8) is 0 Å². The lowest BCUT2D eigenvalue weighted by molar-refractivity contribution is -0.192. The normalized spacial score (nSPS) is 18.5. The van der Waals surface area contributed by atoms with E-state index < -0.39 is 12.1 Å². The molecule has 0 bridgehead atoms. The quantitative estimate of drug-likeness (QED) is 0.757. The number of carboxylic acid groups (broad SMARTS) is 1. The second kappa shape index (κ2) is 11.1. The molecule has 32 heavy (non-hydrogen) atoms. The molecule has 1 N–H and O–H groups in total. The van der Waals surface area contributed by atoms with E-state index in [2.05, 4.69) is 36.2 Å². The second-order valence-corrected chi connectivity index (χ2v) is 7.82. The fraction of sp³-hybridized carbons (Fsp3) is 0.435. The van der Waals surface area contributed by atoms with Crippen LogP contribution in [0.2, 0.25) is 0 Å². The first kappa shape index (κ1) is 25.3. The molecular formula is C23H27F3N2O4. The number of carbonyl (C=O) groups excluding carboxylic acids is 1. The summed E-state index contributed by atoms with van der Waals surface area (Å²) in [6.07, 6.45) is 0.343. The third-order valence-corrected chi connectivity index (χ3v) is 5.20. The number of aliphatic carboxylic acids is 1. The lowest BCUT2D eigenvalue weighted by Gasteiger charge is -2.38. The maximum Gasteiger partial charge on any atom is 0.490 e. The van der Waals surface area contributed by atoms with Gasteiger partial charge in [-0.25, -0.2) is 4.79 Å². The first-order chi connectivity index (χ1) is 15.0. The van der Waals surface area contributed by atoms with Gasteiger partial charge in [-0.2, -0.15) is 13.2 Å². The van der Waals surface area contributed by atoms with Crippen molar-refractivity contribution in [3.05, 3.63) is 65.0 Å². The van der Waals surface area contributed by atoms with Crippen LogP contribution in [-0.4, -0.2) is 59.3 Å². The van der Waals surface area contributed by atoms with Gasteiger partial charge in [0.25, 0.3) is 5.91 Å².